The molecule has 7 heteroatoms. The topological polar surface area (TPSA) is 95.4 Å². The number of fused-ring (bicyclic) bond motifs is 1. The number of nitrogens with zero attached hydrogens (tertiary/aromatic N) is 4. The lowest BCUT2D eigenvalue weighted by Crippen LogP contribution is -1.88. The van der Waals surface area contributed by atoms with Crippen molar-refractivity contribution < 1.29 is 5.11 Å². The molecule has 0 atom stereocenters. The van der Waals surface area contributed by atoms with Crippen LogP contribution >= 0.6 is 0 Å². The maximum Gasteiger partial charge on any atom is 0.137 e. The minimum atomic E-state index is -0.0179. The van der Waals surface area contributed by atoms with Gasteiger partial charge in [0.15, 0.2) is 0 Å². The van der Waals surface area contributed by atoms with Crippen LogP contribution in [0.25, 0.3) is 44.7 Å². The highest BCUT2D eigenvalue weighted by atomic mass is 16.3. The molecule has 1 aromatic carbocycles. The zero-order chi connectivity index (χ0) is 19.1. The van der Waals surface area contributed by atoms with Crippen molar-refractivity contribution in [1.29, 1.82) is 0 Å². The highest BCUT2D eigenvalue weighted by Crippen LogP contribution is 2.32. The molecule has 0 amide bonds. The lowest BCUT2D eigenvalue weighted by atomic mass is 10.0. The third-order valence-electron chi connectivity index (χ3n) is 4.90. The van der Waals surface area contributed by atoms with Crippen LogP contribution in [-0.2, 0) is 13.7 Å². The quantitative estimate of drug-likeness (QED) is 0.451. The number of aliphatic hydroxyl groups excluding tert-OH is 1. The smallest absolute Gasteiger partial charge is 0.137 e. The monoisotopic (exact) mass is 370 g/mol. The van der Waals surface area contributed by atoms with Crippen molar-refractivity contribution >= 4 is 11.0 Å². The third-order valence-corrected chi connectivity index (χ3v) is 4.90. The van der Waals surface area contributed by atoms with Gasteiger partial charge < -0.3 is 10.1 Å². The van der Waals surface area contributed by atoms with Crippen LogP contribution in [0.1, 0.15) is 5.56 Å². The Balaban J connectivity index is 1.59. The van der Waals surface area contributed by atoms with E-state index in [-0.39, 0.29) is 6.61 Å². The molecule has 4 heterocycles. The Bertz CT molecular complexity index is 1280. The van der Waals surface area contributed by atoms with Crippen molar-refractivity contribution in [2.75, 3.05) is 0 Å². The number of H-pyrrole nitrogens is 2. The number of pyridine rings is 1. The Morgan fingerprint density at radius 1 is 1.07 bits per heavy atom. The second-order valence-electron chi connectivity index (χ2n) is 6.71. The second kappa shape index (κ2) is 6.47. The van der Waals surface area contributed by atoms with E-state index < -0.39 is 0 Å². The summed E-state index contributed by atoms with van der Waals surface area (Å²) >= 11 is 0. The Morgan fingerprint density at radius 3 is 2.79 bits per heavy atom. The molecule has 4 aromatic heterocycles. The van der Waals surface area contributed by atoms with E-state index in [1.54, 1.807) is 4.68 Å². The summed E-state index contributed by atoms with van der Waals surface area (Å²) in [4.78, 5) is 7.76. The summed E-state index contributed by atoms with van der Waals surface area (Å²) in [5.74, 6) is 0. The molecule has 5 rings (SSSR count). The Kier molecular flexibility index (Phi) is 3.80. The summed E-state index contributed by atoms with van der Waals surface area (Å²) in [5, 5.41) is 22.4. The molecular formula is C21H18N6O. The fourth-order valence-electron chi connectivity index (χ4n) is 3.46. The van der Waals surface area contributed by atoms with Gasteiger partial charge in [-0.05, 0) is 17.7 Å². The number of aliphatic hydroxyl groups is 1. The van der Waals surface area contributed by atoms with Crippen LogP contribution in [0.4, 0.5) is 0 Å². The number of nitrogens with one attached hydrogen (secondary N) is 2. The zero-order valence-electron chi connectivity index (χ0n) is 15.2. The summed E-state index contributed by atoms with van der Waals surface area (Å²) in [6.07, 6.45) is 7.55. The Hall–Kier alpha value is -3.71. The van der Waals surface area contributed by atoms with Crippen LogP contribution in [0.5, 0.6) is 0 Å². The fourth-order valence-corrected chi connectivity index (χ4v) is 3.46. The van der Waals surface area contributed by atoms with Gasteiger partial charge in [0, 0.05) is 53.3 Å². The normalized spacial score (nSPS) is 11.4. The van der Waals surface area contributed by atoms with E-state index in [4.69, 9.17) is 0 Å². The molecule has 0 fully saturated rings. The van der Waals surface area contributed by atoms with E-state index >= 15 is 0 Å². The number of rotatable bonds is 4. The fraction of sp³-hybridized carbons (Fsp3) is 0.0952. The molecule has 0 unspecified atom stereocenters. The number of aromatic amines is 2. The van der Waals surface area contributed by atoms with Gasteiger partial charge >= 0.3 is 0 Å². The van der Waals surface area contributed by atoms with Crippen molar-refractivity contribution in [1.82, 2.24) is 29.9 Å². The highest BCUT2D eigenvalue weighted by molar-refractivity contribution is 5.95. The average Bonchev–Trinajstić information content (AvgIpc) is 3.46. The van der Waals surface area contributed by atoms with E-state index in [0.717, 1.165) is 50.2 Å². The van der Waals surface area contributed by atoms with Crippen molar-refractivity contribution in [2.45, 2.75) is 6.61 Å². The number of aryl methyl sites for hydroxylation is 1. The van der Waals surface area contributed by atoms with E-state index in [0.29, 0.717) is 0 Å². The standard InChI is InChI=1S/C21H18N6O/c1-27-11-15(9-24-27)14-6-17-18(10-23-21(17)22-8-14)20-7-19(25-26-20)16-5-3-2-4-13(16)12-28/h2-11,28H,12H2,1H3,(H,22,23)(H,25,26). The molecule has 0 aliphatic heterocycles. The van der Waals surface area contributed by atoms with Gasteiger partial charge in [-0.1, -0.05) is 24.3 Å². The molecule has 28 heavy (non-hydrogen) atoms. The predicted molar refractivity (Wildman–Crippen MR) is 107 cm³/mol. The Labute approximate surface area is 160 Å². The SMILES string of the molecule is Cn1cc(-c2cnc3[nH]cc(-c4cc(-c5ccccc5CO)[nH]n4)c3c2)cn1. The number of hydrogen-bond acceptors (Lipinski definition) is 4. The van der Waals surface area contributed by atoms with Crippen LogP contribution < -0.4 is 0 Å². The summed E-state index contributed by atoms with van der Waals surface area (Å²) in [6.45, 7) is -0.0179. The molecule has 5 aromatic rings. The molecule has 0 saturated carbocycles. The van der Waals surface area contributed by atoms with Crippen molar-refractivity contribution in [3.8, 4) is 33.6 Å². The maximum atomic E-state index is 9.60. The van der Waals surface area contributed by atoms with E-state index in [2.05, 4.69) is 31.3 Å². The molecule has 0 saturated heterocycles. The molecule has 0 aliphatic rings. The van der Waals surface area contributed by atoms with Crippen LogP contribution in [0.3, 0.4) is 0 Å². The summed E-state index contributed by atoms with van der Waals surface area (Å²) in [6, 6.07) is 11.8. The van der Waals surface area contributed by atoms with Crippen LogP contribution in [0, 0.1) is 0 Å². The summed E-state index contributed by atoms with van der Waals surface area (Å²) < 4.78 is 1.77. The highest BCUT2D eigenvalue weighted by Gasteiger charge is 2.14. The molecule has 0 aliphatic carbocycles. The zero-order valence-corrected chi connectivity index (χ0v) is 15.2. The van der Waals surface area contributed by atoms with Gasteiger partial charge in [-0.3, -0.25) is 9.78 Å². The van der Waals surface area contributed by atoms with Gasteiger partial charge in [-0.15, -0.1) is 0 Å². The lowest BCUT2D eigenvalue weighted by Gasteiger charge is -2.03. The van der Waals surface area contributed by atoms with Gasteiger partial charge in [-0.25, -0.2) is 4.98 Å². The number of benzene rings is 1. The molecule has 7 nitrogen and oxygen atoms in total. The van der Waals surface area contributed by atoms with Gasteiger partial charge in [0.1, 0.15) is 5.65 Å². The predicted octanol–water partition coefficient (Wildman–Crippen LogP) is 3.51. The summed E-state index contributed by atoms with van der Waals surface area (Å²) in [5.41, 5.74) is 7.28. The van der Waals surface area contributed by atoms with E-state index in [9.17, 15) is 5.11 Å². The Morgan fingerprint density at radius 2 is 1.96 bits per heavy atom. The first-order valence-electron chi connectivity index (χ1n) is 8.94. The minimum absolute atomic E-state index is 0.0179. The van der Waals surface area contributed by atoms with Crippen molar-refractivity contribution in [3.05, 3.63) is 66.7 Å². The van der Waals surface area contributed by atoms with Gasteiger partial charge in [0.2, 0.25) is 0 Å². The molecule has 3 N–H and O–H groups in total. The maximum absolute atomic E-state index is 9.60. The van der Waals surface area contributed by atoms with Crippen LogP contribution in [-0.4, -0.2) is 35.1 Å². The van der Waals surface area contributed by atoms with E-state index in [1.165, 1.54) is 0 Å². The average molecular weight is 370 g/mol. The van der Waals surface area contributed by atoms with Crippen LogP contribution in [0.15, 0.2) is 61.2 Å². The number of hydrogen-bond donors (Lipinski definition) is 3. The summed E-state index contributed by atoms with van der Waals surface area (Å²) in [7, 11) is 1.90. The lowest BCUT2D eigenvalue weighted by molar-refractivity contribution is 0.282. The van der Waals surface area contributed by atoms with Gasteiger partial charge in [-0.2, -0.15) is 10.2 Å². The molecule has 138 valence electrons. The third kappa shape index (κ3) is 2.69. The van der Waals surface area contributed by atoms with Crippen molar-refractivity contribution in [2.24, 2.45) is 7.05 Å². The van der Waals surface area contributed by atoms with Crippen molar-refractivity contribution in [3.63, 3.8) is 0 Å². The first-order valence-corrected chi connectivity index (χ1v) is 8.94. The molecular weight excluding hydrogens is 352 g/mol. The van der Waals surface area contributed by atoms with Crippen LogP contribution in [0.2, 0.25) is 0 Å². The van der Waals surface area contributed by atoms with Gasteiger partial charge in [0.05, 0.1) is 24.2 Å². The first kappa shape index (κ1) is 16.5. The second-order valence-corrected chi connectivity index (χ2v) is 6.71. The van der Waals surface area contributed by atoms with Gasteiger partial charge in [0.25, 0.3) is 0 Å². The van der Waals surface area contributed by atoms with E-state index in [1.807, 2.05) is 62.2 Å². The minimum Gasteiger partial charge on any atom is -0.392 e. The number of aromatic nitrogens is 6. The largest absolute Gasteiger partial charge is 0.392 e. The molecule has 0 bridgehead atoms. The first-order chi connectivity index (χ1) is 13.7. The molecule has 0 radical (unpaired) electrons. The molecule has 0 spiro atoms.